The van der Waals surface area contributed by atoms with Crippen LogP contribution in [0.4, 0.5) is 0 Å². The molecule has 0 aliphatic carbocycles. The Kier molecular flexibility index (Phi) is 4.35. The van der Waals surface area contributed by atoms with E-state index in [2.05, 4.69) is 11.4 Å². The quantitative estimate of drug-likeness (QED) is 0.925. The molecular weight excluding hydrogens is 264 g/mol. The summed E-state index contributed by atoms with van der Waals surface area (Å²) in [5.41, 5.74) is 1.40. The zero-order valence-corrected chi connectivity index (χ0v) is 13.3. The van der Waals surface area contributed by atoms with Crippen molar-refractivity contribution in [1.29, 1.82) is 0 Å². The largest absolute Gasteiger partial charge is 0.340 e. The van der Waals surface area contributed by atoms with Crippen molar-refractivity contribution < 1.29 is 9.59 Å². The average Bonchev–Trinajstić information content (AvgIpc) is 2.40. The number of amides is 2. The smallest absolute Gasteiger partial charge is 0.248 e. The normalized spacial score (nSPS) is 21.3. The first-order chi connectivity index (χ1) is 9.85. The predicted octanol–water partition coefficient (Wildman–Crippen LogP) is 2.40. The first-order valence-electron chi connectivity index (χ1n) is 7.54. The molecule has 4 nitrogen and oxygen atoms in total. The number of aryl methyl sites for hydroxylation is 1. The number of carbonyl (C=O) groups excluding carboxylic acids is 2. The molecule has 0 saturated carbocycles. The van der Waals surface area contributed by atoms with Crippen LogP contribution in [-0.2, 0) is 16.1 Å². The number of nitrogens with one attached hydrogen (secondary N) is 1. The molecule has 1 aliphatic rings. The molecule has 0 spiro atoms. The van der Waals surface area contributed by atoms with Gasteiger partial charge in [0.2, 0.25) is 11.8 Å². The second-order valence-electron chi connectivity index (χ2n) is 6.34. The van der Waals surface area contributed by atoms with Crippen LogP contribution in [0.15, 0.2) is 24.3 Å². The summed E-state index contributed by atoms with van der Waals surface area (Å²) >= 11 is 0. The third-order valence-corrected chi connectivity index (χ3v) is 3.91. The van der Waals surface area contributed by atoms with Gasteiger partial charge in [-0.1, -0.05) is 43.2 Å². The van der Waals surface area contributed by atoms with E-state index in [1.54, 1.807) is 18.7 Å². The highest BCUT2D eigenvalue weighted by atomic mass is 16.2. The molecular formula is C17H24N2O2. The molecule has 1 aromatic rings. The number of carbonyl (C=O) groups is 2. The van der Waals surface area contributed by atoms with Crippen molar-refractivity contribution in [1.82, 2.24) is 10.2 Å². The molecule has 1 aromatic carbocycles. The van der Waals surface area contributed by atoms with Crippen molar-refractivity contribution in [2.75, 3.05) is 0 Å². The third kappa shape index (κ3) is 3.26. The maximum Gasteiger partial charge on any atom is 0.248 e. The summed E-state index contributed by atoms with van der Waals surface area (Å²) in [5.74, 6) is -0.0591. The molecule has 1 atom stereocenters. The Labute approximate surface area is 126 Å². The molecule has 2 rings (SSSR count). The Morgan fingerprint density at radius 2 is 2.00 bits per heavy atom. The Morgan fingerprint density at radius 3 is 2.62 bits per heavy atom. The summed E-state index contributed by atoms with van der Waals surface area (Å²) in [4.78, 5) is 26.7. The lowest BCUT2D eigenvalue weighted by molar-refractivity contribution is -0.154. The number of hydrogen-bond donors (Lipinski definition) is 1. The number of benzene rings is 1. The van der Waals surface area contributed by atoms with Gasteiger partial charge in [-0.05, 0) is 32.8 Å². The van der Waals surface area contributed by atoms with Crippen molar-refractivity contribution in [3.05, 3.63) is 35.4 Å². The second-order valence-corrected chi connectivity index (χ2v) is 6.34. The highest BCUT2D eigenvalue weighted by Gasteiger charge is 2.44. The Hall–Kier alpha value is -1.84. The van der Waals surface area contributed by atoms with E-state index in [1.807, 2.05) is 32.0 Å². The van der Waals surface area contributed by atoms with Gasteiger partial charge in [-0.2, -0.15) is 0 Å². The van der Waals surface area contributed by atoms with Crippen LogP contribution in [0.1, 0.15) is 44.7 Å². The van der Waals surface area contributed by atoms with Gasteiger partial charge in [0, 0.05) is 6.54 Å². The van der Waals surface area contributed by atoms with Gasteiger partial charge in [0.25, 0.3) is 0 Å². The maximum atomic E-state index is 12.7. The number of rotatable bonds is 4. The molecule has 1 unspecified atom stereocenters. The highest BCUT2D eigenvalue weighted by molar-refractivity contribution is 5.99. The molecule has 1 saturated heterocycles. The number of piperazine rings is 1. The van der Waals surface area contributed by atoms with Gasteiger partial charge in [0.05, 0.1) is 0 Å². The van der Waals surface area contributed by atoms with Crippen LogP contribution in [0.5, 0.6) is 0 Å². The van der Waals surface area contributed by atoms with Gasteiger partial charge in [-0.3, -0.25) is 9.59 Å². The van der Waals surface area contributed by atoms with Crippen molar-refractivity contribution in [2.45, 2.75) is 58.7 Å². The summed E-state index contributed by atoms with van der Waals surface area (Å²) < 4.78 is 0. The van der Waals surface area contributed by atoms with E-state index in [-0.39, 0.29) is 17.9 Å². The van der Waals surface area contributed by atoms with Crippen LogP contribution in [0.3, 0.4) is 0 Å². The fraction of sp³-hybridized carbons (Fsp3) is 0.529. The Morgan fingerprint density at radius 1 is 1.29 bits per heavy atom. The minimum absolute atomic E-state index is 0.0120. The van der Waals surface area contributed by atoms with Gasteiger partial charge >= 0.3 is 0 Å². The SMILES string of the molecule is CCCC1C(=O)NC(C)(C)C(=O)N1Cc1cccc(C)c1. The lowest BCUT2D eigenvalue weighted by Gasteiger charge is -2.43. The van der Waals surface area contributed by atoms with Crippen LogP contribution < -0.4 is 5.32 Å². The zero-order valence-electron chi connectivity index (χ0n) is 13.3. The predicted molar refractivity (Wildman–Crippen MR) is 82.6 cm³/mol. The van der Waals surface area contributed by atoms with Gasteiger partial charge in [0.15, 0.2) is 0 Å². The summed E-state index contributed by atoms with van der Waals surface area (Å²) in [6.45, 7) is 8.07. The standard InChI is InChI=1S/C17H24N2O2/c1-5-7-14-15(20)18-17(3,4)16(21)19(14)11-13-9-6-8-12(2)10-13/h6,8-10,14H,5,7,11H2,1-4H3,(H,18,20). The van der Waals surface area contributed by atoms with E-state index in [9.17, 15) is 9.59 Å². The fourth-order valence-corrected chi connectivity index (χ4v) is 2.84. The molecule has 1 heterocycles. The Bertz CT molecular complexity index is 551. The molecule has 4 heteroatoms. The van der Waals surface area contributed by atoms with Gasteiger partial charge < -0.3 is 10.2 Å². The van der Waals surface area contributed by atoms with E-state index >= 15 is 0 Å². The van der Waals surface area contributed by atoms with Crippen molar-refractivity contribution in [3.8, 4) is 0 Å². The van der Waals surface area contributed by atoms with Crippen LogP contribution in [0.25, 0.3) is 0 Å². The van der Waals surface area contributed by atoms with Crippen LogP contribution in [0, 0.1) is 6.92 Å². The highest BCUT2D eigenvalue weighted by Crippen LogP contribution is 2.23. The molecule has 21 heavy (non-hydrogen) atoms. The Balaban J connectivity index is 2.30. The monoisotopic (exact) mass is 288 g/mol. The lowest BCUT2D eigenvalue weighted by atomic mass is 9.94. The van der Waals surface area contributed by atoms with Gasteiger partial charge in [-0.25, -0.2) is 0 Å². The summed E-state index contributed by atoms with van der Waals surface area (Å²) in [5, 5.41) is 2.84. The molecule has 1 fully saturated rings. The van der Waals surface area contributed by atoms with Gasteiger partial charge in [-0.15, -0.1) is 0 Å². The minimum atomic E-state index is -0.828. The van der Waals surface area contributed by atoms with Crippen molar-refractivity contribution in [2.24, 2.45) is 0 Å². The van der Waals surface area contributed by atoms with E-state index < -0.39 is 5.54 Å². The molecule has 0 bridgehead atoms. The van der Waals surface area contributed by atoms with Crippen LogP contribution in [-0.4, -0.2) is 28.3 Å². The topological polar surface area (TPSA) is 49.4 Å². The van der Waals surface area contributed by atoms with E-state index in [0.717, 1.165) is 17.5 Å². The van der Waals surface area contributed by atoms with Crippen molar-refractivity contribution in [3.63, 3.8) is 0 Å². The third-order valence-electron chi connectivity index (χ3n) is 3.91. The average molecular weight is 288 g/mol. The maximum absolute atomic E-state index is 12.7. The lowest BCUT2D eigenvalue weighted by Crippen LogP contribution is -2.67. The van der Waals surface area contributed by atoms with E-state index in [1.165, 1.54) is 0 Å². The van der Waals surface area contributed by atoms with E-state index in [4.69, 9.17) is 0 Å². The first kappa shape index (κ1) is 15.5. The minimum Gasteiger partial charge on any atom is -0.340 e. The second kappa shape index (κ2) is 5.88. The summed E-state index contributed by atoms with van der Waals surface area (Å²) in [7, 11) is 0. The molecule has 114 valence electrons. The molecule has 0 radical (unpaired) electrons. The summed E-state index contributed by atoms with van der Waals surface area (Å²) in [6, 6.07) is 7.72. The first-order valence-corrected chi connectivity index (χ1v) is 7.54. The zero-order chi connectivity index (χ0) is 15.6. The van der Waals surface area contributed by atoms with Crippen molar-refractivity contribution >= 4 is 11.8 Å². The van der Waals surface area contributed by atoms with Gasteiger partial charge in [0.1, 0.15) is 11.6 Å². The molecule has 0 aromatic heterocycles. The summed E-state index contributed by atoms with van der Waals surface area (Å²) in [6.07, 6.45) is 1.57. The molecule has 1 aliphatic heterocycles. The number of nitrogens with zero attached hydrogens (tertiary/aromatic N) is 1. The number of hydrogen-bond acceptors (Lipinski definition) is 2. The molecule has 2 amide bonds. The fourth-order valence-electron chi connectivity index (χ4n) is 2.84. The van der Waals surface area contributed by atoms with E-state index in [0.29, 0.717) is 13.0 Å². The molecule has 1 N–H and O–H groups in total. The van der Waals surface area contributed by atoms with Crippen LogP contribution in [0.2, 0.25) is 0 Å². The van der Waals surface area contributed by atoms with Crippen LogP contribution >= 0.6 is 0 Å².